The van der Waals surface area contributed by atoms with Crippen LogP contribution in [0.4, 0.5) is 0 Å². The zero-order valence-corrected chi connectivity index (χ0v) is 13.3. The van der Waals surface area contributed by atoms with Crippen molar-refractivity contribution in [3.8, 4) is 5.75 Å². The van der Waals surface area contributed by atoms with Gasteiger partial charge in [-0.2, -0.15) is 11.8 Å². The van der Waals surface area contributed by atoms with E-state index in [1.165, 1.54) is 49.7 Å². The Hall–Kier alpha value is -0.670. The third-order valence-electron chi connectivity index (χ3n) is 4.84. The van der Waals surface area contributed by atoms with Crippen LogP contribution in [-0.2, 0) is 6.42 Å². The molecule has 0 amide bonds. The third kappa shape index (κ3) is 2.84. The summed E-state index contributed by atoms with van der Waals surface area (Å²) in [5.74, 6) is 0.991. The van der Waals surface area contributed by atoms with Gasteiger partial charge < -0.3 is 10.1 Å². The van der Waals surface area contributed by atoms with Crippen molar-refractivity contribution >= 4 is 11.8 Å². The lowest BCUT2D eigenvalue weighted by Crippen LogP contribution is -2.38. The van der Waals surface area contributed by atoms with Gasteiger partial charge in [0, 0.05) is 17.3 Å². The molecule has 0 aliphatic heterocycles. The Morgan fingerprint density at radius 1 is 1.20 bits per heavy atom. The minimum Gasteiger partial charge on any atom is -0.497 e. The highest BCUT2D eigenvalue weighted by Gasteiger charge is 2.30. The number of rotatable bonds is 4. The second-order valence-electron chi connectivity index (χ2n) is 5.99. The predicted octanol–water partition coefficient (Wildman–Crippen LogP) is 3.95. The maximum absolute atomic E-state index is 5.41. The number of methoxy groups -OCH3 is 1. The fraction of sp³-hybridized carbons (Fsp3) is 0.647. The first kappa shape index (κ1) is 14.3. The van der Waals surface area contributed by atoms with E-state index < -0.39 is 0 Å². The number of aryl methyl sites for hydroxylation is 1. The van der Waals surface area contributed by atoms with Crippen molar-refractivity contribution in [2.45, 2.75) is 55.9 Å². The molecule has 1 N–H and O–H groups in total. The Morgan fingerprint density at radius 3 is 2.90 bits per heavy atom. The molecule has 1 saturated carbocycles. The van der Waals surface area contributed by atoms with Crippen molar-refractivity contribution < 1.29 is 4.74 Å². The van der Waals surface area contributed by atoms with Gasteiger partial charge in [0.05, 0.1) is 7.11 Å². The number of hydrogen-bond acceptors (Lipinski definition) is 3. The summed E-state index contributed by atoms with van der Waals surface area (Å²) in [6.07, 6.45) is 10.1. The van der Waals surface area contributed by atoms with Crippen LogP contribution in [0.25, 0.3) is 0 Å². The molecular formula is C17H25NOS. The molecule has 20 heavy (non-hydrogen) atoms. The van der Waals surface area contributed by atoms with Crippen molar-refractivity contribution in [3.63, 3.8) is 0 Å². The van der Waals surface area contributed by atoms with Crippen molar-refractivity contribution in [3.05, 3.63) is 29.3 Å². The summed E-state index contributed by atoms with van der Waals surface area (Å²) in [4.78, 5) is 0. The average Bonchev–Trinajstić information content (AvgIpc) is 2.94. The van der Waals surface area contributed by atoms with Crippen molar-refractivity contribution in [2.75, 3.05) is 13.4 Å². The summed E-state index contributed by atoms with van der Waals surface area (Å²) in [6.45, 7) is 0. The highest BCUT2D eigenvalue weighted by molar-refractivity contribution is 7.99. The molecule has 3 atom stereocenters. The van der Waals surface area contributed by atoms with Crippen LogP contribution in [0.3, 0.4) is 0 Å². The van der Waals surface area contributed by atoms with Crippen molar-refractivity contribution in [1.82, 2.24) is 5.32 Å². The molecule has 0 aromatic heterocycles. The van der Waals surface area contributed by atoms with Gasteiger partial charge in [0.15, 0.2) is 0 Å². The van der Waals surface area contributed by atoms with Gasteiger partial charge in [0.2, 0.25) is 0 Å². The molecule has 1 aromatic carbocycles. The first-order chi connectivity index (χ1) is 9.81. The molecular weight excluding hydrogens is 266 g/mol. The maximum Gasteiger partial charge on any atom is 0.119 e. The average molecular weight is 291 g/mol. The third-order valence-corrected chi connectivity index (χ3v) is 6.01. The topological polar surface area (TPSA) is 21.3 Å². The van der Waals surface area contributed by atoms with E-state index in [9.17, 15) is 0 Å². The number of benzene rings is 1. The molecule has 1 aromatic rings. The van der Waals surface area contributed by atoms with Crippen LogP contribution >= 0.6 is 11.8 Å². The maximum atomic E-state index is 5.41. The zero-order chi connectivity index (χ0) is 13.9. The van der Waals surface area contributed by atoms with Crippen LogP contribution in [0.5, 0.6) is 5.75 Å². The highest BCUT2D eigenvalue weighted by Crippen LogP contribution is 2.36. The Balaban J connectivity index is 1.78. The van der Waals surface area contributed by atoms with Gasteiger partial charge >= 0.3 is 0 Å². The molecule has 0 heterocycles. The second kappa shape index (κ2) is 6.40. The number of ether oxygens (including phenoxy) is 1. The van der Waals surface area contributed by atoms with Crippen LogP contribution < -0.4 is 10.1 Å². The first-order valence-corrected chi connectivity index (χ1v) is 9.06. The number of hydrogen-bond donors (Lipinski definition) is 1. The number of thioether (sulfide) groups is 1. The minimum absolute atomic E-state index is 0.520. The smallest absolute Gasteiger partial charge is 0.119 e. The van der Waals surface area contributed by atoms with Crippen LogP contribution in [-0.4, -0.2) is 24.7 Å². The normalized spacial score (nSPS) is 29.2. The van der Waals surface area contributed by atoms with Crippen LogP contribution in [0.15, 0.2) is 18.2 Å². The number of fused-ring (bicyclic) bond motifs is 1. The Labute approximate surface area is 126 Å². The molecule has 3 heteroatoms. The van der Waals surface area contributed by atoms with E-state index >= 15 is 0 Å². The van der Waals surface area contributed by atoms with E-state index in [1.54, 1.807) is 7.11 Å². The summed E-state index contributed by atoms with van der Waals surface area (Å²) in [6, 6.07) is 7.80. The van der Waals surface area contributed by atoms with Gasteiger partial charge in [-0.05, 0) is 61.6 Å². The minimum atomic E-state index is 0.520. The van der Waals surface area contributed by atoms with Gasteiger partial charge in [-0.15, -0.1) is 0 Å². The summed E-state index contributed by atoms with van der Waals surface area (Å²) in [5, 5.41) is 4.75. The van der Waals surface area contributed by atoms with Crippen LogP contribution in [0.2, 0.25) is 0 Å². The molecule has 0 spiro atoms. The molecule has 2 aliphatic rings. The molecule has 0 bridgehead atoms. The largest absolute Gasteiger partial charge is 0.497 e. The molecule has 3 rings (SSSR count). The molecule has 110 valence electrons. The van der Waals surface area contributed by atoms with E-state index in [4.69, 9.17) is 4.74 Å². The summed E-state index contributed by atoms with van der Waals surface area (Å²) < 4.78 is 5.41. The summed E-state index contributed by atoms with van der Waals surface area (Å²) >= 11 is 2.03. The second-order valence-corrected chi connectivity index (χ2v) is 7.06. The summed E-state index contributed by atoms with van der Waals surface area (Å²) in [7, 11) is 1.76. The van der Waals surface area contributed by atoms with Gasteiger partial charge in [0.25, 0.3) is 0 Å². The first-order valence-electron chi connectivity index (χ1n) is 7.77. The Kier molecular flexibility index (Phi) is 4.57. The lowest BCUT2D eigenvalue weighted by Gasteiger charge is -2.31. The Morgan fingerprint density at radius 2 is 2.10 bits per heavy atom. The number of nitrogens with one attached hydrogen (secondary N) is 1. The van der Waals surface area contributed by atoms with Crippen LogP contribution in [0.1, 0.15) is 49.3 Å². The van der Waals surface area contributed by atoms with E-state index in [0.717, 1.165) is 11.0 Å². The van der Waals surface area contributed by atoms with E-state index in [2.05, 4.69) is 29.8 Å². The molecule has 2 aliphatic carbocycles. The SMILES string of the molecule is COc1ccc2c(c1)C(NC1CCCC1SC)CCC2. The molecule has 1 fully saturated rings. The van der Waals surface area contributed by atoms with Gasteiger partial charge in [0.1, 0.15) is 5.75 Å². The van der Waals surface area contributed by atoms with Gasteiger partial charge in [-0.25, -0.2) is 0 Å². The Bertz CT molecular complexity index is 462. The van der Waals surface area contributed by atoms with Gasteiger partial charge in [-0.3, -0.25) is 0 Å². The van der Waals surface area contributed by atoms with E-state index in [-0.39, 0.29) is 0 Å². The van der Waals surface area contributed by atoms with Gasteiger partial charge in [-0.1, -0.05) is 12.5 Å². The highest BCUT2D eigenvalue weighted by atomic mass is 32.2. The zero-order valence-electron chi connectivity index (χ0n) is 12.5. The van der Waals surface area contributed by atoms with Crippen molar-refractivity contribution in [2.24, 2.45) is 0 Å². The lowest BCUT2D eigenvalue weighted by molar-refractivity contribution is 0.391. The molecule has 0 saturated heterocycles. The fourth-order valence-corrected chi connectivity index (χ4v) is 4.68. The molecule has 0 radical (unpaired) electrons. The lowest BCUT2D eigenvalue weighted by atomic mass is 9.87. The van der Waals surface area contributed by atoms with Crippen molar-refractivity contribution in [1.29, 1.82) is 0 Å². The molecule has 2 nitrogen and oxygen atoms in total. The quantitative estimate of drug-likeness (QED) is 0.907. The molecule has 3 unspecified atom stereocenters. The van der Waals surface area contributed by atoms with Crippen LogP contribution in [0, 0.1) is 0 Å². The van der Waals surface area contributed by atoms with E-state index in [1.807, 2.05) is 11.8 Å². The predicted molar refractivity (Wildman–Crippen MR) is 86.8 cm³/mol. The monoisotopic (exact) mass is 291 g/mol. The fourth-order valence-electron chi connectivity index (χ4n) is 3.73. The van der Waals surface area contributed by atoms with E-state index in [0.29, 0.717) is 12.1 Å². The standard InChI is InChI=1S/C17H25NOS/c1-19-13-10-9-12-5-3-6-15(14(12)11-13)18-16-7-4-8-17(16)20-2/h9-11,15-18H,3-8H2,1-2H3. The summed E-state index contributed by atoms with van der Waals surface area (Å²) in [5.41, 5.74) is 2.98.